The van der Waals surface area contributed by atoms with Crippen LogP contribution in [0.25, 0.3) is 0 Å². The van der Waals surface area contributed by atoms with Crippen molar-refractivity contribution in [2.24, 2.45) is 5.92 Å². The van der Waals surface area contributed by atoms with E-state index >= 15 is 0 Å². The second kappa shape index (κ2) is 7.85. The molecule has 2 fully saturated rings. The quantitative estimate of drug-likeness (QED) is 0.840. The molecule has 3 rings (SSSR count). The van der Waals surface area contributed by atoms with Crippen LogP contribution in [0.15, 0.2) is 4.52 Å². The van der Waals surface area contributed by atoms with Gasteiger partial charge in [0.05, 0.1) is 12.5 Å². The fourth-order valence-corrected chi connectivity index (χ4v) is 3.76. The number of rotatable bonds is 3. The topological polar surface area (TPSA) is 62.5 Å². The minimum Gasteiger partial charge on any atom is -0.342 e. The van der Waals surface area contributed by atoms with Crippen LogP contribution in [0, 0.1) is 5.92 Å². The van der Waals surface area contributed by atoms with Gasteiger partial charge in [-0.1, -0.05) is 38.8 Å². The molecule has 6 heteroatoms. The lowest BCUT2D eigenvalue weighted by Crippen LogP contribution is -2.44. The van der Waals surface area contributed by atoms with E-state index in [4.69, 9.17) is 4.52 Å². The molecule has 25 heavy (non-hydrogen) atoms. The number of nitrogens with zero attached hydrogens (tertiary/aromatic N) is 4. The summed E-state index contributed by atoms with van der Waals surface area (Å²) < 4.78 is 5.42. The molecule has 3 heterocycles. The maximum Gasteiger partial charge on any atom is 0.240 e. The summed E-state index contributed by atoms with van der Waals surface area (Å²) >= 11 is 0. The second-order valence-corrected chi connectivity index (χ2v) is 8.58. The highest BCUT2D eigenvalue weighted by Crippen LogP contribution is 2.23. The summed E-state index contributed by atoms with van der Waals surface area (Å²) in [5.74, 6) is 1.88. The molecule has 0 saturated carbocycles. The van der Waals surface area contributed by atoms with E-state index in [0.717, 1.165) is 57.7 Å². The van der Waals surface area contributed by atoms with Crippen LogP contribution in [0.3, 0.4) is 0 Å². The van der Waals surface area contributed by atoms with Crippen molar-refractivity contribution < 1.29 is 9.32 Å². The summed E-state index contributed by atoms with van der Waals surface area (Å²) in [5, 5.41) is 4.10. The van der Waals surface area contributed by atoms with Gasteiger partial charge in [-0.15, -0.1) is 0 Å². The van der Waals surface area contributed by atoms with Crippen molar-refractivity contribution in [2.75, 3.05) is 26.2 Å². The number of hydrogen-bond acceptors (Lipinski definition) is 5. The molecule has 0 bridgehead atoms. The smallest absolute Gasteiger partial charge is 0.240 e. The van der Waals surface area contributed by atoms with Gasteiger partial charge < -0.3 is 9.42 Å². The monoisotopic (exact) mass is 348 g/mol. The van der Waals surface area contributed by atoms with Crippen molar-refractivity contribution in [3.05, 3.63) is 11.7 Å². The molecule has 0 N–H and O–H groups in total. The molecule has 0 spiro atoms. The molecule has 2 aliphatic rings. The average molecular weight is 348 g/mol. The Hall–Kier alpha value is -1.43. The summed E-state index contributed by atoms with van der Waals surface area (Å²) in [4.78, 5) is 21.8. The third-order valence-corrected chi connectivity index (χ3v) is 5.27. The Balaban J connectivity index is 1.57. The van der Waals surface area contributed by atoms with Crippen molar-refractivity contribution >= 4 is 5.91 Å². The molecule has 0 radical (unpaired) electrons. The standard InChI is InChI=1S/C19H32N4O2/c1-19(2,3)18-20-16(25-21-18)14-22-10-8-9-15(13-22)17(24)23-11-6-4-5-7-12-23/h15H,4-14H2,1-3H3. The highest BCUT2D eigenvalue weighted by atomic mass is 16.5. The molecule has 140 valence electrons. The minimum atomic E-state index is -0.102. The third-order valence-electron chi connectivity index (χ3n) is 5.27. The van der Waals surface area contributed by atoms with Gasteiger partial charge in [0.15, 0.2) is 5.82 Å². The molecule has 1 atom stereocenters. The van der Waals surface area contributed by atoms with Crippen LogP contribution in [0.2, 0.25) is 0 Å². The van der Waals surface area contributed by atoms with Gasteiger partial charge in [-0.2, -0.15) is 4.98 Å². The van der Waals surface area contributed by atoms with E-state index in [2.05, 4.69) is 40.7 Å². The molecular weight excluding hydrogens is 316 g/mol. The zero-order valence-corrected chi connectivity index (χ0v) is 16.0. The first-order valence-electron chi connectivity index (χ1n) is 9.78. The van der Waals surface area contributed by atoms with Crippen LogP contribution >= 0.6 is 0 Å². The van der Waals surface area contributed by atoms with Crippen molar-refractivity contribution in [1.82, 2.24) is 19.9 Å². The molecule has 1 amide bonds. The van der Waals surface area contributed by atoms with Gasteiger partial charge in [-0.3, -0.25) is 9.69 Å². The lowest BCUT2D eigenvalue weighted by Gasteiger charge is -2.34. The summed E-state index contributed by atoms with van der Waals surface area (Å²) in [7, 11) is 0. The van der Waals surface area contributed by atoms with Gasteiger partial charge in [0.2, 0.25) is 11.8 Å². The van der Waals surface area contributed by atoms with Gasteiger partial charge in [-0.25, -0.2) is 0 Å². The van der Waals surface area contributed by atoms with Gasteiger partial charge in [0, 0.05) is 25.0 Å². The molecule has 0 aromatic carbocycles. The number of hydrogen-bond donors (Lipinski definition) is 0. The fourth-order valence-electron chi connectivity index (χ4n) is 3.76. The minimum absolute atomic E-state index is 0.102. The van der Waals surface area contributed by atoms with E-state index in [1.54, 1.807) is 0 Å². The first kappa shape index (κ1) is 18.4. The van der Waals surface area contributed by atoms with E-state index in [9.17, 15) is 4.79 Å². The third kappa shape index (κ3) is 4.81. The summed E-state index contributed by atoms with van der Waals surface area (Å²) in [6.45, 7) is 10.6. The van der Waals surface area contributed by atoms with Crippen molar-refractivity contribution in [3.8, 4) is 0 Å². The molecule has 1 aromatic heterocycles. The van der Waals surface area contributed by atoms with E-state index in [-0.39, 0.29) is 11.3 Å². The number of likely N-dealkylation sites (tertiary alicyclic amines) is 2. The van der Waals surface area contributed by atoms with Crippen LogP contribution in [0.1, 0.15) is 71.0 Å². The van der Waals surface area contributed by atoms with Gasteiger partial charge >= 0.3 is 0 Å². The fraction of sp³-hybridized carbons (Fsp3) is 0.842. The van der Waals surface area contributed by atoms with E-state index in [0.29, 0.717) is 18.3 Å². The molecule has 1 unspecified atom stereocenters. The van der Waals surface area contributed by atoms with Crippen LogP contribution in [0.4, 0.5) is 0 Å². The Morgan fingerprint density at radius 2 is 1.84 bits per heavy atom. The van der Waals surface area contributed by atoms with Crippen LogP contribution in [-0.4, -0.2) is 52.0 Å². The van der Waals surface area contributed by atoms with E-state index in [1.807, 2.05) is 0 Å². The maximum absolute atomic E-state index is 12.9. The van der Waals surface area contributed by atoms with Crippen LogP contribution in [0.5, 0.6) is 0 Å². The Bertz CT molecular complexity index is 570. The van der Waals surface area contributed by atoms with Crippen molar-refractivity contribution in [3.63, 3.8) is 0 Å². The second-order valence-electron chi connectivity index (χ2n) is 8.58. The molecule has 0 aliphatic carbocycles. The Labute approximate surface area is 150 Å². The van der Waals surface area contributed by atoms with Crippen LogP contribution in [-0.2, 0) is 16.8 Å². The number of aromatic nitrogens is 2. The predicted molar refractivity (Wildman–Crippen MR) is 96.0 cm³/mol. The Morgan fingerprint density at radius 3 is 2.48 bits per heavy atom. The average Bonchev–Trinajstić information content (AvgIpc) is 2.89. The SMILES string of the molecule is CC(C)(C)c1noc(CN2CCCC(C(=O)N3CCCCCC3)C2)n1. The lowest BCUT2D eigenvalue weighted by atomic mass is 9.96. The summed E-state index contributed by atoms with van der Waals surface area (Å²) in [6.07, 6.45) is 6.88. The Morgan fingerprint density at radius 1 is 1.12 bits per heavy atom. The predicted octanol–water partition coefficient (Wildman–Crippen LogP) is 2.98. The summed E-state index contributed by atoms with van der Waals surface area (Å²) in [6, 6.07) is 0. The highest BCUT2D eigenvalue weighted by molar-refractivity contribution is 5.79. The number of amides is 1. The lowest BCUT2D eigenvalue weighted by molar-refractivity contribution is -0.137. The summed E-state index contributed by atoms with van der Waals surface area (Å²) in [5.41, 5.74) is -0.102. The van der Waals surface area contributed by atoms with Gasteiger partial charge in [0.25, 0.3) is 0 Å². The van der Waals surface area contributed by atoms with Crippen molar-refractivity contribution in [1.29, 1.82) is 0 Å². The number of piperidine rings is 1. The zero-order chi connectivity index (χ0) is 17.9. The molecule has 6 nitrogen and oxygen atoms in total. The number of carbonyl (C=O) groups excluding carboxylic acids is 1. The van der Waals surface area contributed by atoms with Crippen LogP contribution < -0.4 is 0 Å². The normalized spacial score (nSPS) is 23.5. The largest absolute Gasteiger partial charge is 0.342 e. The molecule has 1 aromatic rings. The molecule has 2 aliphatic heterocycles. The van der Waals surface area contributed by atoms with Gasteiger partial charge in [-0.05, 0) is 32.2 Å². The highest BCUT2D eigenvalue weighted by Gasteiger charge is 2.30. The maximum atomic E-state index is 12.9. The first-order chi connectivity index (χ1) is 11.9. The Kier molecular flexibility index (Phi) is 5.77. The van der Waals surface area contributed by atoms with E-state index in [1.165, 1.54) is 12.8 Å². The molecular formula is C19H32N4O2. The number of carbonyl (C=O) groups is 1. The zero-order valence-electron chi connectivity index (χ0n) is 16.0. The molecule has 2 saturated heterocycles. The van der Waals surface area contributed by atoms with Crippen molar-refractivity contribution in [2.45, 2.75) is 71.3 Å². The van der Waals surface area contributed by atoms with E-state index < -0.39 is 0 Å². The van der Waals surface area contributed by atoms with Gasteiger partial charge in [0.1, 0.15) is 0 Å². The first-order valence-corrected chi connectivity index (χ1v) is 9.78.